The summed E-state index contributed by atoms with van der Waals surface area (Å²) in [5.74, 6) is -0.587. The summed E-state index contributed by atoms with van der Waals surface area (Å²) in [7, 11) is -3.77. The number of hydrogen-bond donors (Lipinski definition) is 3. The molecule has 0 bridgehead atoms. The Hall–Kier alpha value is -3.38. The molecule has 0 saturated carbocycles. The molecule has 3 N–H and O–H groups in total. The minimum atomic E-state index is -3.77. The number of benzene rings is 2. The second kappa shape index (κ2) is 12.6. The van der Waals surface area contributed by atoms with Crippen LogP contribution in [0.1, 0.15) is 23.6 Å². The van der Waals surface area contributed by atoms with Crippen molar-refractivity contribution in [1.82, 2.24) is 19.9 Å². The van der Waals surface area contributed by atoms with Gasteiger partial charge in [0.2, 0.25) is 15.9 Å². The molecule has 1 aromatic heterocycles. The Morgan fingerprint density at radius 1 is 1.23 bits per heavy atom. The summed E-state index contributed by atoms with van der Waals surface area (Å²) in [4.78, 5) is 16.2. The van der Waals surface area contributed by atoms with Crippen LogP contribution in [0.15, 0.2) is 71.9 Å². The van der Waals surface area contributed by atoms with Gasteiger partial charge in [0.15, 0.2) is 0 Å². The zero-order chi connectivity index (χ0) is 28.0. The van der Waals surface area contributed by atoms with Crippen molar-refractivity contribution in [2.45, 2.75) is 50.0 Å². The van der Waals surface area contributed by atoms with E-state index in [-0.39, 0.29) is 36.9 Å². The number of piperazine rings is 1. The summed E-state index contributed by atoms with van der Waals surface area (Å²) in [5.41, 5.74) is 2.16. The van der Waals surface area contributed by atoms with Crippen molar-refractivity contribution in [3.8, 4) is 5.75 Å². The van der Waals surface area contributed by atoms with Gasteiger partial charge in [0, 0.05) is 56.6 Å². The predicted molar refractivity (Wildman–Crippen MR) is 144 cm³/mol. The summed E-state index contributed by atoms with van der Waals surface area (Å²) < 4.78 is 48.1. The van der Waals surface area contributed by atoms with E-state index in [0.717, 1.165) is 11.1 Å². The van der Waals surface area contributed by atoms with Crippen LogP contribution in [-0.4, -0.2) is 66.5 Å². The zero-order valence-corrected chi connectivity index (χ0v) is 22.7. The minimum Gasteiger partial charge on any atom is -0.489 e. The number of nitrogens with zero attached hydrogens (tertiary/aromatic N) is 2. The first-order valence-electron chi connectivity index (χ1n) is 12.7. The Kier molecular flexibility index (Phi) is 9.28. The van der Waals surface area contributed by atoms with Gasteiger partial charge in [-0.3, -0.25) is 9.78 Å². The molecule has 1 aliphatic heterocycles. The largest absolute Gasteiger partial charge is 0.489 e. The summed E-state index contributed by atoms with van der Waals surface area (Å²) in [6.45, 7) is 3.93. The number of amides is 1. The van der Waals surface area contributed by atoms with Crippen molar-refractivity contribution in [3.05, 3.63) is 89.5 Å². The maximum absolute atomic E-state index is 14.5. The number of carbonyl (C=O) groups excluding carboxylic acids is 1. The molecule has 1 aliphatic rings. The summed E-state index contributed by atoms with van der Waals surface area (Å²) in [6, 6.07) is 13.1. The lowest BCUT2D eigenvalue weighted by atomic mass is 9.95. The molecule has 3 atom stereocenters. The fraction of sp³-hybridized carbons (Fsp3) is 0.357. The lowest BCUT2D eigenvalue weighted by Gasteiger charge is -2.38. The summed E-state index contributed by atoms with van der Waals surface area (Å²) in [5, 5.41) is 17.2. The van der Waals surface area contributed by atoms with Gasteiger partial charge in [-0.15, -0.1) is 0 Å². The van der Waals surface area contributed by atoms with Gasteiger partial charge in [-0.05, 0) is 54.8 Å². The SMILES string of the molecule is CC(=O)N[C@@H](Cc1cc(F)cc(OCc2cccnc2)c1)[C@H](O)[C@H]1CN(S(=O)(=O)c2cccc(C)c2)CCN1. The molecular formula is C28H33FN4O5S. The maximum atomic E-state index is 14.5. The molecule has 0 unspecified atom stereocenters. The van der Waals surface area contributed by atoms with E-state index in [1.165, 1.54) is 23.4 Å². The number of aliphatic hydroxyl groups is 1. The van der Waals surface area contributed by atoms with Crippen molar-refractivity contribution in [2.75, 3.05) is 19.6 Å². The molecule has 0 aliphatic carbocycles. The van der Waals surface area contributed by atoms with Crippen molar-refractivity contribution < 1.29 is 27.4 Å². The third-order valence-corrected chi connectivity index (χ3v) is 8.38. The van der Waals surface area contributed by atoms with Crippen LogP contribution in [0.5, 0.6) is 5.75 Å². The molecule has 1 amide bonds. The van der Waals surface area contributed by atoms with E-state index in [1.807, 2.05) is 19.1 Å². The van der Waals surface area contributed by atoms with Crippen LogP contribution < -0.4 is 15.4 Å². The molecule has 4 rings (SSSR count). The second-order valence-corrected chi connectivity index (χ2v) is 11.6. The molecule has 208 valence electrons. The average Bonchev–Trinajstić information content (AvgIpc) is 2.91. The highest BCUT2D eigenvalue weighted by molar-refractivity contribution is 7.89. The van der Waals surface area contributed by atoms with Crippen LogP contribution in [0.3, 0.4) is 0 Å². The molecule has 2 heterocycles. The molecule has 0 spiro atoms. The predicted octanol–water partition coefficient (Wildman–Crippen LogP) is 2.18. The van der Waals surface area contributed by atoms with Crippen molar-refractivity contribution in [3.63, 3.8) is 0 Å². The topological polar surface area (TPSA) is 121 Å². The molecular weight excluding hydrogens is 523 g/mol. The molecule has 1 saturated heterocycles. The lowest BCUT2D eigenvalue weighted by molar-refractivity contribution is -0.120. The third-order valence-electron chi connectivity index (χ3n) is 6.52. The van der Waals surface area contributed by atoms with Crippen LogP contribution in [-0.2, 0) is 27.8 Å². The fourth-order valence-corrected chi connectivity index (χ4v) is 6.22. The molecule has 3 aromatic rings. The van der Waals surface area contributed by atoms with E-state index < -0.39 is 34.0 Å². The monoisotopic (exact) mass is 556 g/mol. The first kappa shape index (κ1) is 28.6. The number of halogens is 1. The number of aromatic nitrogens is 1. The van der Waals surface area contributed by atoms with Crippen LogP contribution >= 0.6 is 0 Å². The van der Waals surface area contributed by atoms with Crippen LogP contribution in [0.25, 0.3) is 0 Å². The van der Waals surface area contributed by atoms with Crippen molar-refractivity contribution >= 4 is 15.9 Å². The molecule has 39 heavy (non-hydrogen) atoms. The van der Waals surface area contributed by atoms with Crippen molar-refractivity contribution in [1.29, 1.82) is 0 Å². The molecule has 0 radical (unpaired) electrons. The number of sulfonamides is 1. The summed E-state index contributed by atoms with van der Waals surface area (Å²) >= 11 is 0. The first-order chi connectivity index (χ1) is 18.6. The number of rotatable bonds is 10. The van der Waals surface area contributed by atoms with Gasteiger partial charge in [-0.25, -0.2) is 12.8 Å². The Bertz CT molecular complexity index is 1390. The van der Waals surface area contributed by atoms with Gasteiger partial charge in [-0.2, -0.15) is 4.31 Å². The number of ether oxygens (including phenoxy) is 1. The number of carbonyl (C=O) groups is 1. The highest BCUT2D eigenvalue weighted by Gasteiger charge is 2.36. The molecule has 2 aromatic carbocycles. The highest BCUT2D eigenvalue weighted by atomic mass is 32.2. The third kappa shape index (κ3) is 7.60. The van der Waals surface area contributed by atoms with E-state index in [4.69, 9.17) is 4.74 Å². The maximum Gasteiger partial charge on any atom is 0.243 e. The molecule has 1 fully saturated rings. The van der Waals surface area contributed by atoms with Gasteiger partial charge < -0.3 is 20.5 Å². The summed E-state index contributed by atoms with van der Waals surface area (Å²) in [6.07, 6.45) is 2.25. The Morgan fingerprint density at radius 2 is 2.05 bits per heavy atom. The van der Waals surface area contributed by atoms with Gasteiger partial charge in [-0.1, -0.05) is 18.2 Å². The van der Waals surface area contributed by atoms with Crippen molar-refractivity contribution in [2.24, 2.45) is 0 Å². The van der Waals surface area contributed by atoms with E-state index >= 15 is 0 Å². The van der Waals surface area contributed by atoms with Crippen LogP contribution in [0, 0.1) is 12.7 Å². The Balaban J connectivity index is 1.49. The smallest absolute Gasteiger partial charge is 0.243 e. The normalized spacial score (nSPS) is 17.8. The number of nitrogens with one attached hydrogen (secondary N) is 2. The number of aryl methyl sites for hydroxylation is 1. The number of aliphatic hydroxyl groups excluding tert-OH is 1. The van der Waals surface area contributed by atoms with E-state index in [0.29, 0.717) is 17.9 Å². The average molecular weight is 557 g/mol. The zero-order valence-electron chi connectivity index (χ0n) is 21.9. The lowest BCUT2D eigenvalue weighted by Crippen LogP contribution is -2.61. The van der Waals surface area contributed by atoms with Gasteiger partial charge >= 0.3 is 0 Å². The van der Waals surface area contributed by atoms with E-state index in [2.05, 4.69) is 15.6 Å². The highest BCUT2D eigenvalue weighted by Crippen LogP contribution is 2.23. The number of pyridine rings is 1. The molecule has 11 heteroatoms. The second-order valence-electron chi connectivity index (χ2n) is 9.69. The standard InChI is InChI=1S/C28H33FN4O5S/c1-19-5-3-7-25(11-19)39(36,37)33-10-9-31-27(17-33)28(35)26(32-20(2)34)14-22-12-23(29)15-24(13-22)38-18-21-6-4-8-30-16-21/h3-8,11-13,15-16,26-28,31,35H,9-10,14,17-18H2,1-2H3,(H,32,34)/t26-,27+,28-/m0/s1. The Morgan fingerprint density at radius 3 is 2.77 bits per heavy atom. The van der Waals surface area contributed by atoms with E-state index in [9.17, 15) is 22.7 Å². The quantitative estimate of drug-likeness (QED) is 0.350. The van der Waals surface area contributed by atoms with Gasteiger partial charge in [0.25, 0.3) is 0 Å². The first-order valence-corrected chi connectivity index (χ1v) is 14.1. The van der Waals surface area contributed by atoms with Gasteiger partial charge in [0.05, 0.1) is 17.0 Å². The Labute approximate surface area is 228 Å². The van der Waals surface area contributed by atoms with Crippen LogP contribution in [0.2, 0.25) is 0 Å². The van der Waals surface area contributed by atoms with Crippen LogP contribution in [0.4, 0.5) is 4.39 Å². The fourth-order valence-electron chi connectivity index (χ4n) is 4.65. The van der Waals surface area contributed by atoms with E-state index in [1.54, 1.807) is 42.7 Å². The number of hydrogen-bond acceptors (Lipinski definition) is 7. The minimum absolute atomic E-state index is 0.0101. The van der Waals surface area contributed by atoms with Gasteiger partial charge in [0.1, 0.15) is 18.2 Å². The molecule has 9 nitrogen and oxygen atoms in total.